The van der Waals surface area contributed by atoms with E-state index in [4.69, 9.17) is 4.74 Å². The van der Waals surface area contributed by atoms with Crippen molar-refractivity contribution < 1.29 is 9.53 Å². The molecule has 1 N–H and O–H groups in total. The van der Waals surface area contributed by atoms with E-state index in [0.29, 0.717) is 11.2 Å². The Morgan fingerprint density at radius 1 is 1.55 bits per heavy atom. The zero-order valence-electron chi connectivity index (χ0n) is 13.7. The molecule has 1 fully saturated rings. The Morgan fingerprint density at radius 2 is 2.36 bits per heavy atom. The lowest BCUT2D eigenvalue weighted by atomic mass is 10.1. The number of amides is 2. The normalized spacial score (nSPS) is 19.2. The number of likely N-dealkylation sites (tertiary alicyclic amines) is 1. The van der Waals surface area contributed by atoms with E-state index in [1.807, 2.05) is 24.0 Å². The molecule has 2 unspecified atom stereocenters. The van der Waals surface area contributed by atoms with Crippen molar-refractivity contribution in [2.24, 2.45) is 5.92 Å². The van der Waals surface area contributed by atoms with Crippen molar-refractivity contribution in [3.63, 3.8) is 0 Å². The quantitative estimate of drug-likeness (QED) is 0.860. The molecule has 5 heteroatoms. The van der Waals surface area contributed by atoms with Gasteiger partial charge in [0, 0.05) is 36.6 Å². The fourth-order valence-corrected chi connectivity index (χ4v) is 3.06. The molecular formula is C17H26N2O2S. The molecule has 0 radical (unpaired) electrons. The number of urea groups is 1. The number of nitrogens with one attached hydrogen (secondary N) is 1. The van der Waals surface area contributed by atoms with E-state index in [1.54, 1.807) is 11.8 Å². The van der Waals surface area contributed by atoms with E-state index in [0.717, 1.165) is 38.4 Å². The van der Waals surface area contributed by atoms with Crippen molar-refractivity contribution in [1.82, 2.24) is 4.90 Å². The molecular weight excluding hydrogens is 296 g/mol. The topological polar surface area (TPSA) is 41.6 Å². The number of nitrogens with zero attached hydrogens (tertiary/aromatic N) is 1. The lowest BCUT2D eigenvalue weighted by Crippen LogP contribution is -2.33. The summed E-state index contributed by atoms with van der Waals surface area (Å²) in [6, 6.07) is 8.10. The fraction of sp³-hybridized carbons (Fsp3) is 0.588. The number of anilines is 1. The highest BCUT2D eigenvalue weighted by Gasteiger charge is 2.26. The summed E-state index contributed by atoms with van der Waals surface area (Å²) in [4.78, 5) is 14.2. The number of hydrogen-bond acceptors (Lipinski definition) is 3. The smallest absolute Gasteiger partial charge is 0.321 e. The van der Waals surface area contributed by atoms with Gasteiger partial charge in [0.05, 0.1) is 6.61 Å². The minimum atomic E-state index is -0.00652. The van der Waals surface area contributed by atoms with E-state index in [9.17, 15) is 4.79 Å². The molecule has 22 heavy (non-hydrogen) atoms. The van der Waals surface area contributed by atoms with Gasteiger partial charge in [0.2, 0.25) is 0 Å². The monoisotopic (exact) mass is 322 g/mol. The third kappa shape index (κ3) is 4.65. The summed E-state index contributed by atoms with van der Waals surface area (Å²) >= 11 is 1.80. The molecule has 1 aliphatic heterocycles. The number of carbonyl (C=O) groups excluding carboxylic acids is 1. The molecule has 1 aliphatic rings. The van der Waals surface area contributed by atoms with Crippen molar-refractivity contribution in [1.29, 1.82) is 0 Å². The molecule has 0 saturated carbocycles. The second kappa shape index (κ2) is 8.44. The van der Waals surface area contributed by atoms with Crippen LogP contribution in [0.15, 0.2) is 24.3 Å². The van der Waals surface area contributed by atoms with Gasteiger partial charge in [-0.05, 0) is 44.2 Å². The largest absolute Gasteiger partial charge is 0.381 e. The zero-order chi connectivity index (χ0) is 15.9. The Balaban J connectivity index is 1.90. The molecule has 2 amide bonds. The van der Waals surface area contributed by atoms with Gasteiger partial charge in [-0.3, -0.25) is 0 Å². The maximum Gasteiger partial charge on any atom is 0.321 e. The van der Waals surface area contributed by atoms with Gasteiger partial charge in [0.25, 0.3) is 0 Å². The van der Waals surface area contributed by atoms with Gasteiger partial charge in [-0.2, -0.15) is 11.8 Å². The second-order valence-electron chi connectivity index (χ2n) is 5.69. The highest BCUT2D eigenvalue weighted by molar-refractivity contribution is 7.98. The van der Waals surface area contributed by atoms with Crippen molar-refractivity contribution in [2.45, 2.75) is 25.5 Å². The number of ether oxygens (including phenoxy) is 1. The molecule has 122 valence electrons. The average Bonchev–Trinajstić information content (AvgIpc) is 3.01. The first kappa shape index (κ1) is 17.2. The summed E-state index contributed by atoms with van der Waals surface area (Å²) in [5.41, 5.74) is 2.11. The van der Waals surface area contributed by atoms with Gasteiger partial charge in [-0.15, -0.1) is 0 Å². The van der Waals surface area contributed by atoms with Gasteiger partial charge < -0.3 is 15.0 Å². The van der Waals surface area contributed by atoms with Gasteiger partial charge in [0.1, 0.15) is 0 Å². The summed E-state index contributed by atoms with van der Waals surface area (Å²) in [5, 5.41) is 3.45. The van der Waals surface area contributed by atoms with Crippen LogP contribution in [0.2, 0.25) is 0 Å². The highest BCUT2D eigenvalue weighted by Crippen LogP contribution is 2.27. The second-order valence-corrected chi connectivity index (χ2v) is 6.87. The van der Waals surface area contributed by atoms with Crippen LogP contribution < -0.4 is 5.32 Å². The molecule has 4 nitrogen and oxygen atoms in total. The lowest BCUT2D eigenvalue weighted by molar-refractivity contribution is 0.113. The summed E-state index contributed by atoms with van der Waals surface area (Å²) in [6.45, 7) is 7.26. The minimum absolute atomic E-state index is 0.00652. The molecule has 1 saturated heterocycles. The number of hydrogen-bond donors (Lipinski definition) is 1. The van der Waals surface area contributed by atoms with E-state index in [-0.39, 0.29) is 6.03 Å². The molecule has 0 aliphatic carbocycles. The first-order valence-corrected chi connectivity index (χ1v) is 9.19. The number of benzene rings is 1. The fourth-order valence-electron chi connectivity index (χ4n) is 2.65. The van der Waals surface area contributed by atoms with Crippen LogP contribution in [-0.4, -0.2) is 43.5 Å². The maximum absolute atomic E-state index is 12.4. The Bertz CT molecular complexity index is 495. The standard InChI is InChI=1S/C17H26N2O2S/c1-4-21-12-14-8-9-19(11-14)17(20)18-16-7-5-6-15(10-16)13(2)22-3/h5-7,10,13-14H,4,8-9,11-12H2,1-3H3,(H,18,20). The van der Waals surface area contributed by atoms with Gasteiger partial charge in [-0.1, -0.05) is 12.1 Å². The van der Waals surface area contributed by atoms with Crippen LogP contribution in [0.4, 0.5) is 10.5 Å². The molecule has 1 aromatic carbocycles. The van der Waals surface area contributed by atoms with Crippen LogP contribution in [0, 0.1) is 5.92 Å². The van der Waals surface area contributed by atoms with Gasteiger partial charge >= 0.3 is 6.03 Å². The molecule has 2 rings (SSSR count). The average molecular weight is 322 g/mol. The Labute approximate surface area is 137 Å². The summed E-state index contributed by atoms with van der Waals surface area (Å²) < 4.78 is 5.46. The number of rotatable bonds is 6. The van der Waals surface area contributed by atoms with Crippen LogP contribution in [-0.2, 0) is 4.74 Å². The van der Waals surface area contributed by atoms with Gasteiger partial charge in [0.15, 0.2) is 0 Å². The third-order valence-corrected chi connectivity index (χ3v) is 5.07. The Morgan fingerprint density at radius 3 is 3.09 bits per heavy atom. The van der Waals surface area contributed by atoms with Crippen molar-refractivity contribution in [2.75, 3.05) is 37.9 Å². The third-order valence-electron chi connectivity index (χ3n) is 4.09. The van der Waals surface area contributed by atoms with Crippen LogP contribution in [0.5, 0.6) is 0 Å². The van der Waals surface area contributed by atoms with E-state index < -0.39 is 0 Å². The van der Waals surface area contributed by atoms with Crippen molar-refractivity contribution in [3.05, 3.63) is 29.8 Å². The summed E-state index contributed by atoms with van der Waals surface area (Å²) in [5.74, 6) is 0.466. The lowest BCUT2D eigenvalue weighted by Gasteiger charge is -2.18. The molecule has 0 spiro atoms. The minimum Gasteiger partial charge on any atom is -0.381 e. The zero-order valence-corrected chi connectivity index (χ0v) is 14.5. The number of thioether (sulfide) groups is 1. The van der Waals surface area contributed by atoms with Crippen LogP contribution in [0.25, 0.3) is 0 Å². The van der Waals surface area contributed by atoms with Gasteiger partial charge in [-0.25, -0.2) is 4.79 Å². The Hall–Kier alpha value is -1.20. The number of carbonyl (C=O) groups is 1. The van der Waals surface area contributed by atoms with Crippen LogP contribution in [0.3, 0.4) is 0 Å². The summed E-state index contributed by atoms with van der Waals surface area (Å²) in [7, 11) is 0. The van der Waals surface area contributed by atoms with Crippen molar-refractivity contribution >= 4 is 23.5 Å². The first-order valence-electron chi connectivity index (χ1n) is 7.90. The predicted molar refractivity (Wildman–Crippen MR) is 93.6 cm³/mol. The maximum atomic E-state index is 12.4. The molecule has 0 bridgehead atoms. The molecule has 1 aromatic rings. The van der Waals surface area contributed by atoms with Crippen molar-refractivity contribution in [3.8, 4) is 0 Å². The van der Waals surface area contributed by atoms with Crippen LogP contribution in [0.1, 0.15) is 31.1 Å². The SMILES string of the molecule is CCOCC1CCN(C(=O)Nc2cccc(C(C)SC)c2)C1. The van der Waals surface area contributed by atoms with Crippen LogP contribution >= 0.6 is 11.8 Å². The molecule has 1 heterocycles. The molecule has 0 aromatic heterocycles. The van der Waals surface area contributed by atoms with E-state index in [1.165, 1.54) is 5.56 Å². The van der Waals surface area contributed by atoms with E-state index in [2.05, 4.69) is 30.6 Å². The predicted octanol–water partition coefficient (Wildman–Crippen LogP) is 4.00. The Kier molecular flexibility index (Phi) is 6.58. The molecule has 2 atom stereocenters. The van der Waals surface area contributed by atoms with E-state index >= 15 is 0 Å². The highest BCUT2D eigenvalue weighted by atomic mass is 32.2. The summed E-state index contributed by atoms with van der Waals surface area (Å²) in [6.07, 6.45) is 3.12. The first-order chi connectivity index (χ1) is 10.6.